The molecular formula is C18H30N2O. The molecule has 0 spiro atoms. The van der Waals surface area contributed by atoms with E-state index in [2.05, 4.69) is 41.0 Å². The van der Waals surface area contributed by atoms with Gasteiger partial charge in [-0.2, -0.15) is 0 Å². The van der Waals surface area contributed by atoms with E-state index in [-0.39, 0.29) is 0 Å². The van der Waals surface area contributed by atoms with Crippen LogP contribution in [-0.4, -0.2) is 48.3 Å². The molecule has 2 rings (SSSR count). The summed E-state index contributed by atoms with van der Waals surface area (Å²) < 4.78 is 0. The van der Waals surface area contributed by atoms with Crippen molar-refractivity contribution in [2.24, 2.45) is 0 Å². The van der Waals surface area contributed by atoms with Gasteiger partial charge in [-0.3, -0.25) is 9.69 Å². The molecule has 3 nitrogen and oxygen atoms in total. The zero-order valence-electron chi connectivity index (χ0n) is 14.1. The van der Waals surface area contributed by atoms with Crippen molar-refractivity contribution in [3.63, 3.8) is 0 Å². The summed E-state index contributed by atoms with van der Waals surface area (Å²) in [4.78, 5) is 15.9. The van der Waals surface area contributed by atoms with Gasteiger partial charge >= 0.3 is 0 Å². The molecule has 0 aromatic heterocycles. The van der Waals surface area contributed by atoms with Crippen molar-refractivity contribution in [2.75, 3.05) is 32.7 Å². The second kappa shape index (κ2) is 9.69. The summed E-state index contributed by atoms with van der Waals surface area (Å²) in [6, 6.07) is 8.80. The number of Topliss-reactive ketones (excluding diaryl/α,β-unsaturated/α-hetero) is 1. The Morgan fingerprint density at radius 3 is 2.05 bits per heavy atom. The molecule has 0 amide bonds. The van der Waals surface area contributed by atoms with Crippen molar-refractivity contribution < 1.29 is 4.79 Å². The number of hydrogen-bond acceptors (Lipinski definition) is 3. The van der Waals surface area contributed by atoms with Crippen LogP contribution in [-0.2, 0) is 11.3 Å². The fourth-order valence-corrected chi connectivity index (χ4v) is 2.44. The number of rotatable bonds is 5. The fourth-order valence-electron chi connectivity index (χ4n) is 2.44. The molecule has 1 aromatic rings. The van der Waals surface area contributed by atoms with Crippen LogP contribution in [0.15, 0.2) is 24.3 Å². The van der Waals surface area contributed by atoms with E-state index >= 15 is 0 Å². The van der Waals surface area contributed by atoms with Crippen molar-refractivity contribution in [1.29, 1.82) is 0 Å². The minimum atomic E-state index is 0.294. The molecule has 0 aliphatic carbocycles. The summed E-state index contributed by atoms with van der Waals surface area (Å²) in [5.41, 5.74) is 2.71. The van der Waals surface area contributed by atoms with Gasteiger partial charge in [0.15, 0.2) is 0 Å². The fraction of sp³-hybridized carbons (Fsp3) is 0.611. The second-order valence-corrected chi connectivity index (χ2v) is 5.56. The number of aryl methyl sites for hydroxylation is 1. The summed E-state index contributed by atoms with van der Waals surface area (Å²) >= 11 is 0. The number of piperazine rings is 1. The van der Waals surface area contributed by atoms with E-state index in [1.54, 1.807) is 6.92 Å². The lowest BCUT2D eigenvalue weighted by atomic mass is 10.1. The average Bonchev–Trinajstić information content (AvgIpc) is 2.51. The largest absolute Gasteiger partial charge is 0.300 e. The lowest BCUT2D eigenvalue weighted by Gasteiger charge is -2.34. The average molecular weight is 290 g/mol. The van der Waals surface area contributed by atoms with Gasteiger partial charge < -0.3 is 4.90 Å². The summed E-state index contributed by atoms with van der Waals surface area (Å²) in [5, 5.41) is 0. The Morgan fingerprint density at radius 1 is 1.00 bits per heavy atom. The predicted molar refractivity (Wildman–Crippen MR) is 89.5 cm³/mol. The lowest BCUT2D eigenvalue weighted by molar-refractivity contribution is -0.117. The van der Waals surface area contributed by atoms with Gasteiger partial charge in [0.05, 0.1) is 0 Å². The maximum atomic E-state index is 11.0. The van der Waals surface area contributed by atoms with Crippen molar-refractivity contribution in [3.05, 3.63) is 35.4 Å². The van der Waals surface area contributed by atoms with Crippen LogP contribution >= 0.6 is 0 Å². The van der Waals surface area contributed by atoms with Crippen molar-refractivity contribution in [2.45, 2.75) is 40.7 Å². The third-order valence-corrected chi connectivity index (χ3v) is 3.77. The number of carbonyl (C=O) groups excluding carboxylic acids is 1. The highest BCUT2D eigenvalue weighted by atomic mass is 16.1. The van der Waals surface area contributed by atoms with Crippen LogP contribution in [0.5, 0.6) is 0 Å². The SMILES string of the molecule is CC.CC(=O)CCN1CCN(Cc2ccc(C)cc2)CC1. The smallest absolute Gasteiger partial charge is 0.131 e. The Balaban J connectivity index is 0.00000106. The Labute approximate surface area is 129 Å². The Kier molecular flexibility index (Phi) is 8.24. The Bertz CT molecular complexity index is 406. The Hall–Kier alpha value is -1.19. The molecule has 3 heteroatoms. The first-order valence-corrected chi connectivity index (χ1v) is 8.13. The molecule has 0 saturated carbocycles. The van der Waals surface area contributed by atoms with Gasteiger partial charge in [0, 0.05) is 45.7 Å². The zero-order chi connectivity index (χ0) is 15.7. The molecule has 1 aromatic carbocycles. The standard InChI is InChI=1S/C16H24N2O.C2H6/c1-14-3-5-16(6-4-14)13-18-11-9-17(10-12-18)8-7-15(2)19;1-2/h3-6H,7-13H2,1-2H3;1-2H3. The quantitative estimate of drug-likeness (QED) is 0.832. The highest BCUT2D eigenvalue weighted by Crippen LogP contribution is 2.10. The molecule has 1 aliphatic rings. The van der Waals surface area contributed by atoms with Crippen LogP contribution in [0.4, 0.5) is 0 Å². The van der Waals surface area contributed by atoms with Crippen LogP contribution in [0.25, 0.3) is 0 Å². The van der Waals surface area contributed by atoms with E-state index in [0.29, 0.717) is 12.2 Å². The first-order chi connectivity index (χ1) is 10.1. The maximum absolute atomic E-state index is 11.0. The zero-order valence-corrected chi connectivity index (χ0v) is 14.1. The van der Waals surface area contributed by atoms with Crippen molar-refractivity contribution in [3.8, 4) is 0 Å². The monoisotopic (exact) mass is 290 g/mol. The van der Waals surface area contributed by atoms with Gasteiger partial charge in [0.25, 0.3) is 0 Å². The molecule has 1 saturated heterocycles. The number of nitrogens with zero attached hydrogens (tertiary/aromatic N) is 2. The van der Waals surface area contributed by atoms with Crippen LogP contribution in [0, 0.1) is 6.92 Å². The molecule has 0 N–H and O–H groups in total. The summed E-state index contributed by atoms with van der Waals surface area (Å²) in [6.45, 7) is 14.1. The minimum Gasteiger partial charge on any atom is -0.300 e. The Morgan fingerprint density at radius 2 is 1.52 bits per heavy atom. The lowest BCUT2D eigenvalue weighted by Crippen LogP contribution is -2.46. The topological polar surface area (TPSA) is 23.6 Å². The number of hydrogen-bond donors (Lipinski definition) is 0. The van der Waals surface area contributed by atoms with Gasteiger partial charge in [-0.25, -0.2) is 0 Å². The van der Waals surface area contributed by atoms with Gasteiger partial charge in [-0.05, 0) is 19.4 Å². The minimum absolute atomic E-state index is 0.294. The number of benzene rings is 1. The van der Waals surface area contributed by atoms with E-state index in [4.69, 9.17) is 0 Å². The van der Waals surface area contributed by atoms with E-state index in [1.165, 1.54) is 11.1 Å². The van der Waals surface area contributed by atoms with Crippen molar-refractivity contribution in [1.82, 2.24) is 9.80 Å². The molecule has 0 unspecified atom stereocenters. The molecule has 1 aliphatic heterocycles. The molecular weight excluding hydrogens is 260 g/mol. The van der Waals surface area contributed by atoms with Crippen LogP contribution < -0.4 is 0 Å². The maximum Gasteiger partial charge on any atom is 0.131 e. The highest BCUT2D eigenvalue weighted by molar-refractivity contribution is 5.75. The summed E-state index contributed by atoms with van der Waals surface area (Å²) in [6.07, 6.45) is 0.692. The number of carbonyl (C=O) groups is 1. The van der Waals surface area contributed by atoms with Gasteiger partial charge in [0.1, 0.15) is 5.78 Å². The summed E-state index contributed by atoms with van der Waals surface area (Å²) in [5.74, 6) is 0.294. The van der Waals surface area contributed by atoms with Crippen LogP contribution in [0.1, 0.15) is 38.3 Å². The van der Waals surface area contributed by atoms with E-state index in [0.717, 1.165) is 39.3 Å². The van der Waals surface area contributed by atoms with Crippen LogP contribution in [0.2, 0.25) is 0 Å². The van der Waals surface area contributed by atoms with E-state index in [9.17, 15) is 4.79 Å². The van der Waals surface area contributed by atoms with E-state index in [1.807, 2.05) is 13.8 Å². The van der Waals surface area contributed by atoms with Gasteiger partial charge in [-0.15, -0.1) is 0 Å². The van der Waals surface area contributed by atoms with Gasteiger partial charge in [0.2, 0.25) is 0 Å². The second-order valence-electron chi connectivity index (χ2n) is 5.56. The number of ketones is 1. The van der Waals surface area contributed by atoms with Crippen molar-refractivity contribution >= 4 is 5.78 Å². The summed E-state index contributed by atoms with van der Waals surface area (Å²) in [7, 11) is 0. The normalized spacial score (nSPS) is 16.2. The highest BCUT2D eigenvalue weighted by Gasteiger charge is 2.16. The molecule has 1 fully saturated rings. The predicted octanol–water partition coefficient (Wildman–Crippen LogP) is 3.12. The molecule has 0 radical (unpaired) electrons. The molecule has 21 heavy (non-hydrogen) atoms. The molecule has 118 valence electrons. The van der Waals surface area contributed by atoms with Gasteiger partial charge in [-0.1, -0.05) is 43.7 Å². The first kappa shape index (κ1) is 17.9. The third kappa shape index (κ3) is 6.87. The molecule has 0 atom stereocenters. The third-order valence-electron chi connectivity index (χ3n) is 3.77. The van der Waals surface area contributed by atoms with E-state index < -0.39 is 0 Å². The van der Waals surface area contributed by atoms with Crippen LogP contribution in [0.3, 0.4) is 0 Å². The first-order valence-electron chi connectivity index (χ1n) is 8.13. The molecule has 1 heterocycles. The molecule has 0 bridgehead atoms.